The molecule has 0 aliphatic rings. The molecule has 4 rings (SSSR count). The van der Waals surface area contributed by atoms with Crippen molar-refractivity contribution in [3.63, 3.8) is 0 Å². The van der Waals surface area contributed by atoms with Crippen molar-refractivity contribution in [1.82, 2.24) is 14.9 Å². The first-order chi connectivity index (χ1) is 16.8. The first-order valence-electron chi connectivity index (χ1n) is 10.9. The maximum Gasteiger partial charge on any atom is 0.274 e. The second-order valence-electron chi connectivity index (χ2n) is 8.83. The number of thiophene rings is 1. The molecule has 0 unspecified atom stereocenters. The summed E-state index contributed by atoms with van der Waals surface area (Å²) in [5.41, 5.74) is 1.48. The summed E-state index contributed by atoms with van der Waals surface area (Å²) in [7, 11) is -2.54. The molecule has 12 heteroatoms. The molecule has 0 fully saturated rings. The van der Waals surface area contributed by atoms with Crippen molar-refractivity contribution >= 4 is 38.2 Å². The number of carbonyl (C=O) groups excluding carboxylic acids is 1. The molecule has 0 aliphatic carbocycles. The minimum absolute atomic E-state index is 0.122. The zero-order valence-electron chi connectivity index (χ0n) is 20.2. The van der Waals surface area contributed by atoms with E-state index in [0.29, 0.717) is 32.7 Å². The number of H-pyrrole nitrogens is 1. The highest BCUT2D eigenvalue weighted by molar-refractivity contribution is 7.91. The lowest BCUT2D eigenvalue weighted by Gasteiger charge is -2.13. The van der Waals surface area contributed by atoms with Crippen molar-refractivity contribution in [2.24, 2.45) is 12.2 Å². The van der Waals surface area contributed by atoms with Crippen LogP contribution in [0.2, 0.25) is 0 Å². The summed E-state index contributed by atoms with van der Waals surface area (Å²) in [5.74, 6) is -0.285. The molecule has 0 aliphatic heterocycles. The number of nitrogens with one attached hydrogen (secondary N) is 2. The molecule has 0 bridgehead atoms. The molecule has 0 radical (unpaired) electrons. The van der Waals surface area contributed by atoms with Gasteiger partial charge in [0.25, 0.3) is 11.5 Å². The third-order valence-electron chi connectivity index (χ3n) is 5.47. The molecular weight excluding hydrogens is 507 g/mol. The number of benzene rings is 1. The van der Waals surface area contributed by atoms with Crippen LogP contribution in [0.3, 0.4) is 0 Å². The number of nitrogens with two attached hydrogens (primary N) is 1. The fourth-order valence-electron chi connectivity index (χ4n) is 3.90. The second-order valence-corrected chi connectivity index (χ2v) is 11.7. The van der Waals surface area contributed by atoms with Crippen molar-refractivity contribution in [1.29, 1.82) is 0 Å². The van der Waals surface area contributed by atoms with E-state index in [4.69, 9.17) is 9.88 Å². The highest BCUT2D eigenvalue weighted by Crippen LogP contribution is 2.45. The van der Waals surface area contributed by atoms with Gasteiger partial charge in [0.05, 0.1) is 4.88 Å². The molecule has 3 aromatic heterocycles. The zero-order chi connectivity index (χ0) is 26.5. The maximum absolute atomic E-state index is 13.8. The summed E-state index contributed by atoms with van der Waals surface area (Å²) in [4.78, 5) is 28.7. The van der Waals surface area contributed by atoms with E-state index in [2.05, 4.69) is 10.3 Å². The number of carbonyl (C=O) groups is 1. The number of aryl methyl sites for hydroxylation is 3. The van der Waals surface area contributed by atoms with E-state index in [1.165, 1.54) is 28.8 Å². The number of hydrogen-bond acceptors (Lipinski definition) is 6. The average Bonchev–Trinajstić information content (AvgIpc) is 3.38. The number of aromatic amines is 1. The number of primary sulfonamides is 1. The van der Waals surface area contributed by atoms with Crippen LogP contribution in [0.1, 0.15) is 35.5 Å². The Morgan fingerprint density at radius 1 is 1.19 bits per heavy atom. The zero-order valence-corrected chi connectivity index (χ0v) is 21.9. The van der Waals surface area contributed by atoms with Crippen molar-refractivity contribution < 1.29 is 22.3 Å². The number of aromatic nitrogens is 2. The van der Waals surface area contributed by atoms with E-state index in [1.54, 1.807) is 27.1 Å². The molecule has 0 saturated heterocycles. The highest BCUT2D eigenvalue weighted by atomic mass is 32.2. The molecule has 4 N–H and O–H groups in total. The Balaban J connectivity index is 1.97. The standard InChI is InChI=1S/C24H25FN4O5S2/c1-11(2)27-23(30)17-8-15-16(10-29(5)24(31)20(15)28-17)22-18(9-19(35-22)36(26,32)33)34-21-12(3)6-14(25)7-13(21)4/h6-11,28H,1-5H3,(H,27,30)(H2,26,32,33). The van der Waals surface area contributed by atoms with E-state index in [-0.39, 0.29) is 38.7 Å². The quantitative estimate of drug-likeness (QED) is 0.346. The van der Waals surface area contributed by atoms with Crippen LogP contribution in [0, 0.1) is 19.7 Å². The van der Waals surface area contributed by atoms with Gasteiger partial charge in [-0.05, 0) is 57.0 Å². The summed E-state index contributed by atoms with van der Waals surface area (Å²) in [5, 5.41) is 8.59. The Morgan fingerprint density at radius 2 is 1.83 bits per heavy atom. The van der Waals surface area contributed by atoms with Gasteiger partial charge in [0.15, 0.2) is 0 Å². The largest absolute Gasteiger partial charge is 0.455 e. The first kappa shape index (κ1) is 25.6. The molecule has 190 valence electrons. The number of halogens is 1. The lowest BCUT2D eigenvalue weighted by Crippen LogP contribution is -2.30. The molecule has 0 spiro atoms. The first-order valence-corrected chi connectivity index (χ1v) is 13.3. The fourth-order valence-corrected chi connectivity index (χ4v) is 5.73. The number of rotatable bonds is 6. The fraction of sp³-hybridized carbons (Fsp3) is 0.250. The molecule has 0 atom stereocenters. The third-order valence-corrected chi connectivity index (χ3v) is 8.04. The van der Waals surface area contributed by atoms with Crippen LogP contribution in [-0.2, 0) is 17.1 Å². The Bertz CT molecular complexity index is 1660. The number of sulfonamides is 1. The summed E-state index contributed by atoms with van der Waals surface area (Å²) in [6.45, 7) is 6.98. The van der Waals surface area contributed by atoms with Crippen LogP contribution >= 0.6 is 11.3 Å². The predicted molar refractivity (Wildman–Crippen MR) is 137 cm³/mol. The Morgan fingerprint density at radius 3 is 2.42 bits per heavy atom. The van der Waals surface area contributed by atoms with Crippen LogP contribution in [0.15, 0.2) is 39.5 Å². The minimum atomic E-state index is -4.09. The van der Waals surface area contributed by atoms with Gasteiger partial charge in [0.1, 0.15) is 32.7 Å². The number of fused-ring (bicyclic) bond motifs is 1. The van der Waals surface area contributed by atoms with E-state index in [0.717, 1.165) is 11.3 Å². The molecule has 36 heavy (non-hydrogen) atoms. The number of nitrogens with zero attached hydrogens (tertiary/aromatic N) is 1. The van der Waals surface area contributed by atoms with Crippen molar-refractivity contribution in [3.8, 4) is 21.9 Å². The van der Waals surface area contributed by atoms with Crippen molar-refractivity contribution in [3.05, 3.63) is 63.5 Å². The normalized spacial score (nSPS) is 11.9. The van der Waals surface area contributed by atoms with Crippen LogP contribution < -0.4 is 20.8 Å². The Kier molecular flexibility index (Phi) is 6.54. The monoisotopic (exact) mass is 532 g/mol. The van der Waals surface area contributed by atoms with Gasteiger partial charge < -0.3 is 19.6 Å². The number of pyridine rings is 1. The smallest absolute Gasteiger partial charge is 0.274 e. The van der Waals surface area contributed by atoms with Crippen LogP contribution in [0.25, 0.3) is 21.3 Å². The van der Waals surface area contributed by atoms with Gasteiger partial charge in [-0.15, -0.1) is 11.3 Å². The minimum Gasteiger partial charge on any atom is -0.455 e. The molecular formula is C24H25FN4O5S2. The SMILES string of the molecule is Cc1cc(F)cc(C)c1Oc1cc(S(N)(=O)=O)sc1-c1cn(C)c(=O)c2[nH]c(C(=O)NC(C)C)cc12. The van der Waals surface area contributed by atoms with E-state index < -0.39 is 15.8 Å². The predicted octanol–water partition coefficient (Wildman–Crippen LogP) is 3.93. The van der Waals surface area contributed by atoms with Gasteiger partial charge in [-0.25, -0.2) is 17.9 Å². The molecule has 1 amide bonds. The van der Waals surface area contributed by atoms with Gasteiger partial charge in [-0.1, -0.05) is 0 Å². The van der Waals surface area contributed by atoms with Gasteiger partial charge in [0.2, 0.25) is 10.0 Å². The lowest BCUT2D eigenvalue weighted by molar-refractivity contribution is 0.0939. The van der Waals surface area contributed by atoms with E-state index >= 15 is 0 Å². The lowest BCUT2D eigenvalue weighted by atomic mass is 10.1. The molecule has 0 saturated carbocycles. The van der Waals surface area contributed by atoms with Gasteiger partial charge in [0, 0.05) is 36.3 Å². The van der Waals surface area contributed by atoms with Crippen molar-refractivity contribution in [2.45, 2.75) is 37.9 Å². The molecule has 4 aromatic rings. The summed E-state index contributed by atoms with van der Waals surface area (Å²) < 4.78 is 45.6. The summed E-state index contributed by atoms with van der Waals surface area (Å²) >= 11 is 0.870. The molecule has 3 heterocycles. The Hall–Kier alpha value is -3.48. The number of ether oxygens (including phenoxy) is 1. The third kappa shape index (κ3) is 4.79. The number of amides is 1. The van der Waals surface area contributed by atoms with E-state index in [9.17, 15) is 22.4 Å². The van der Waals surface area contributed by atoms with Gasteiger partial charge >= 0.3 is 0 Å². The van der Waals surface area contributed by atoms with Crippen LogP contribution in [-0.4, -0.2) is 29.9 Å². The highest BCUT2D eigenvalue weighted by Gasteiger charge is 2.24. The van der Waals surface area contributed by atoms with Gasteiger partial charge in [-0.3, -0.25) is 9.59 Å². The number of hydrogen-bond donors (Lipinski definition) is 3. The van der Waals surface area contributed by atoms with Crippen molar-refractivity contribution in [2.75, 3.05) is 0 Å². The van der Waals surface area contributed by atoms with Crippen LogP contribution in [0.4, 0.5) is 4.39 Å². The second kappa shape index (κ2) is 9.19. The maximum atomic E-state index is 13.8. The summed E-state index contributed by atoms with van der Waals surface area (Å²) in [6.07, 6.45) is 1.54. The molecule has 1 aromatic carbocycles. The van der Waals surface area contributed by atoms with Crippen LogP contribution in [0.5, 0.6) is 11.5 Å². The topological polar surface area (TPSA) is 136 Å². The van der Waals surface area contributed by atoms with Gasteiger partial charge in [-0.2, -0.15) is 0 Å². The van der Waals surface area contributed by atoms with E-state index in [1.807, 2.05) is 13.8 Å². The summed E-state index contributed by atoms with van der Waals surface area (Å²) in [6, 6.07) is 5.34. The average molecular weight is 533 g/mol. The Labute approximate surface area is 210 Å². The molecule has 9 nitrogen and oxygen atoms in total.